The van der Waals surface area contributed by atoms with Crippen molar-refractivity contribution < 1.29 is 13.6 Å². The number of fused-ring (bicyclic) bond motifs is 3. The number of para-hydroxylation sites is 1. The molecule has 1 aliphatic carbocycles. The molecule has 4 rings (SSSR count). The molecule has 0 spiro atoms. The summed E-state index contributed by atoms with van der Waals surface area (Å²) in [6, 6.07) is 6.45. The first-order valence-electron chi connectivity index (χ1n) is 9.42. The number of alkyl halides is 2. The Labute approximate surface area is 184 Å². The molecule has 0 atom stereocenters. The van der Waals surface area contributed by atoms with Gasteiger partial charge in [0, 0.05) is 16.8 Å². The number of thiophene rings is 1. The number of aryl methyl sites for hydroxylation is 2. The van der Waals surface area contributed by atoms with Crippen molar-refractivity contribution >= 4 is 56.7 Å². The van der Waals surface area contributed by atoms with E-state index in [-0.39, 0.29) is 17.2 Å². The molecule has 1 N–H and O–H groups in total. The van der Waals surface area contributed by atoms with Crippen molar-refractivity contribution in [3.05, 3.63) is 45.1 Å². The fourth-order valence-electron chi connectivity index (χ4n) is 3.48. The Morgan fingerprint density at radius 1 is 1.30 bits per heavy atom. The van der Waals surface area contributed by atoms with E-state index in [0.29, 0.717) is 32.9 Å². The second-order valence-electron chi connectivity index (χ2n) is 6.86. The van der Waals surface area contributed by atoms with Crippen LogP contribution >= 0.6 is 34.9 Å². The largest absolute Gasteiger partial charge is 0.324 e. The molecule has 0 fully saturated rings. The highest BCUT2D eigenvalue weighted by molar-refractivity contribution is 8.00. The molecule has 2 aromatic heterocycles. The predicted molar refractivity (Wildman–Crippen MR) is 119 cm³/mol. The van der Waals surface area contributed by atoms with Crippen molar-refractivity contribution in [2.24, 2.45) is 7.05 Å². The van der Waals surface area contributed by atoms with Crippen LogP contribution in [-0.4, -0.2) is 27.0 Å². The summed E-state index contributed by atoms with van der Waals surface area (Å²) in [5.74, 6) is -2.90. The Kier molecular flexibility index (Phi) is 6.45. The van der Waals surface area contributed by atoms with Gasteiger partial charge in [0.1, 0.15) is 4.83 Å². The number of hydrogen-bond acceptors (Lipinski definition) is 6. The van der Waals surface area contributed by atoms with E-state index in [9.17, 15) is 18.4 Å². The minimum Gasteiger partial charge on any atom is -0.324 e. The van der Waals surface area contributed by atoms with Crippen LogP contribution in [0.2, 0.25) is 0 Å². The fourth-order valence-corrected chi connectivity index (χ4v) is 6.15. The van der Waals surface area contributed by atoms with Gasteiger partial charge in [-0.25, -0.2) is 4.98 Å². The second kappa shape index (κ2) is 9.07. The second-order valence-corrected chi connectivity index (χ2v) is 9.92. The summed E-state index contributed by atoms with van der Waals surface area (Å²) in [7, 11) is 1.66. The molecule has 3 aromatic rings. The molecular formula is C20H19F2N3O2S3. The lowest BCUT2D eigenvalue weighted by atomic mass is 9.97. The van der Waals surface area contributed by atoms with Gasteiger partial charge in [-0.2, -0.15) is 8.78 Å². The molecule has 0 unspecified atom stereocenters. The zero-order chi connectivity index (χ0) is 21.3. The first-order valence-corrected chi connectivity index (χ1v) is 12.1. The van der Waals surface area contributed by atoms with Crippen LogP contribution in [0.1, 0.15) is 23.3 Å². The maximum Gasteiger partial charge on any atom is 0.288 e. The first kappa shape index (κ1) is 21.3. The summed E-state index contributed by atoms with van der Waals surface area (Å²) in [4.78, 5) is 32.2. The lowest BCUT2D eigenvalue weighted by Crippen LogP contribution is -2.22. The van der Waals surface area contributed by atoms with Crippen LogP contribution in [0, 0.1) is 0 Å². The zero-order valence-electron chi connectivity index (χ0n) is 16.1. The normalized spacial score (nSPS) is 13.6. The van der Waals surface area contributed by atoms with Crippen molar-refractivity contribution in [1.82, 2.24) is 9.55 Å². The molecule has 1 aromatic carbocycles. The van der Waals surface area contributed by atoms with E-state index in [4.69, 9.17) is 0 Å². The minimum absolute atomic E-state index is 0.0184. The number of hydrogen-bond donors (Lipinski definition) is 1. The van der Waals surface area contributed by atoms with E-state index in [1.165, 1.54) is 15.5 Å². The number of aromatic nitrogens is 2. The number of nitrogens with zero attached hydrogens (tertiary/aromatic N) is 2. The first-order chi connectivity index (χ1) is 14.4. The third-order valence-corrected chi connectivity index (χ3v) is 7.87. The number of nitrogens with one attached hydrogen (secondary N) is 1. The van der Waals surface area contributed by atoms with E-state index in [1.807, 2.05) is 0 Å². The smallest absolute Gasteiger partial charge is 0.288 e. The third kappa shape index (κ3) is 4.40. The molecule has 158 valence electrons. The monoisotopic (exact) mass is 467 g/mol. The summed E-state index contributed by atoms with van der Waals surface area (Å²) in [6.45, 7) is 0. The van der Waals surface area contributed by atoms with Crippen molar-refractivity contribution in [2.75, 3.05) is 11.1 Å². The number of anilines is 1. The Morgan fingerprint density at radius 2 is 2.07 bits per heavy atom. The average molecular weight is 468 g/mol. The highest BCUT2D eigenvalue weighted by Gasteiger charge is 2.21. The van der Waals surface area contributed by atoms with Crippen molar-refractivity contribution in [3.63, 3.8) is 0 Å². The number of thioether (sulfide) groups is 2. The molecular weight excluding hydrogens is 448 g/mol. The molecule has 1 amide bonds. The van der Waals surface area contributed by atoms with Crippen molar-refractivity contribution in [1.29, 1.82) is 0 Å². The zero-order valence-corrected chi connectivity index (χ0v) is 18.6. The molecule has 5 nitrogen and oxygen atoms in total. The van der Waals surface area contributed by atoms with Gasteiger partial charge in [0.25, 0.3) is 11.3 Å². The fraction of sp³-hybridized carbons (Fsp3) is 0.350. The standard InChI is InChI=1S/C20H19F2N3O2S3/c1-25-18(27)16-11-6-2-4-8-13(11)29-17(16)24-20(25)28-10-15(26)23-12-7-3-5-9-14(12)30-19(21)22/h3,5,7,9,19H,2,4,6,8,10H2,1H3,(H,23,26). The molecule has 30 heavy (non-hydrogen) atoms. The van der Waals surface area contributed by atoms with Gasteiger partial charge in [0.15, 0.2) is 5.16 Å². The minimum atomic E-state index is -2.57. The molecule has 0 aliphatic heterocycles. The Hall–Kier alpha value is -1.91. The number of carbonyl (C=O) groups excluding carboxylic acids is 1. The molecule has 0 bridgehead atoms. The molecule has 0 saturated heterocycles. The summed E-state index contributed by atoms with van der Waals surface area (Å²) in [5, 5.41) is 3.85. The van der Waals surface area contributed by atoms with Gasteiger partial charge >= 0.3 is 0 Å². The topological polar surface area (TPSA) is 64.0 Å². The van der Waals surface area contributed by atoms with Crippen LogP contribution in [0.3, 0.4) is 0 Å². The van der Waals surface area contributed by atoms with Gasteiger partial charge in [-0.05, 0) is 43.4 Å². The van der Waals surface area contributed by atoms with E-state index >= 15 is 0 Å². The lowest BCUT2D eigenvalue weighted by molar-refractivity contribution is -0.113. The van der Waals surface area contributed by atoms with Gasteiger partial charge in [-0.3, -0.25) is 14.2 Å². The third-order valence-electron chi connectivity index (χ3n) is 4.86. The highest BCUT2D eigenvalue weighted by Crippen LogP contribution is 2.35. The van der Waals surface area contributed by atoms with Gasteiger partial charge in [-0.15, -0.1) is 11.3 Å². The average Bonchev–Trinajstić information content (AvgIpc) is 3.09. The van der Waals surface area contributed by atoms with Crippen LogP contribution < -0.4 is 10.9 Å². The molecule has 0 radical (unpaired) electrons. The molecule has 2 heterocycles. The maximum absolute atomic E-state index is 12.9. The number of rotatable bonds is 6. The van der Waals surface area contributed by atoms with Gasteiger partial charge in [0.2, 0.25) is 5.91 Å². The molecule has 1 aliphatic rings. The van der Waals surface area contributed by atoms with Gasteiger partial charge in [-0.1, -0.05) is 35.7 Å². The van der Waals surface area contributed by atoms with E-state index in [0.717, 1.165) is 47.8 Å². The summed E-state index contributed by atoms with van der Waals surface area (Å²) in [6.07, 6.45) is 4.12. The maximum atomic E-state index is 12.9. The summed E-state index contributed by atoms with van der Waals surface area (Å²) >= 11 is 3.12. The van der Waals surface area contributed by atoms with Crippen LogP contribution in [0.5, 0.6) is 0 Å². The number of benzene rings is 1. The SMILES string of the molecule is Cn1c(SCC(=O)Nc2ccccc2SC(F)F)nc2sc3c(c2c1=O)CCCC3. The Morgan fingerprint density at radius 3 is 2.87 bits per heavy atom. The Bertz CT molecular complexity index is 1160. The van der Waals surface area contributed by atoms with E-state index < -0.39 is 5.76 Å². The number of halogens is 2. The van der Waals surface area contributed by atoms with Gasteiger partial charge < -0.3 is 5.32 Å². The van der Waals surface area contributed by atoms with Crippen molar-refractivity contribution in [2.45, 2.75) is 41.5 Å². The Balaban J connectivity index is 1.51. The van der Waals surface area contributed by atoms with E-state index in [2.05, 4.69) is 10.3 Å². The van der Waals surface area contributed by atoms with Gasteiger partial charge in [0.05, 0.1) is 16.8 Å². The lowest BCUT2D eigenvalue weighted by Gasteiger charge is -2.11. The van der Waals surface area contributed by atoms with Crippen LogP contribution in [0.4, 0.5) is 14.5 Å². The molecule has 0 saturated carbocycles. The molecule has 10 heteroatoms. The van der Waals surface area contributed by atoms with Crippen LogP contribution in [0.15, 0.2) is 39.1 Å². The summed E-state index contributed by atoms with van der Waals surface area (Å²) < 4.78 is 26.9. The van der Waals surface area contributed by atoms with Crippen LogP contribution in [-0.2, 0) is 24.7 Å². The predicted octanol–water partition coefficient (Wildman–Crippen LogP) is 4.92. The van der Waals surface area contributed by atoms with Crippen LogP contribution in [0.25, 0.3) is 10.2 Å². The van der Waals surface area contributed by atoms with E-state index in [1.54, 1.807) is 36.6 Å². The number of amides is 1. The number of carbonyl (C=O) groups is 1. The summed E-state index contributed by atoms with van der Waals surface area (Å²) in [5.41, 5.74) is 1.40. The quantitative estimate of drug-likeness (QED) is 0.412. The van der Waals surface area contributed by atoms with Crippen molar-refractivity contribution in [3.8, 4) is 0 Å². The highest BCUT2D eigenvalue weighted by atomic mass is 32.2.